The lowest BCUT2D eigenvalue weighted by molar-refractivity contribution is -0.133. The van der Waals surface area contributed by atoms with Crippen molar-refractivity contribution in [2.75, 3.05) is 25.5 Å². The second-order valence-electron chi connectivity index (χ2n) is 7.28. The van der Waals surface area contributed by atoms with E-state index in [1.807, 2.05) is 18.2 Å². The molecule has 1 N–H and O–H groups in total. The highest BCUT2D eigenvalue weighted by Crippen LogP contribution is 2.20. The van der Waals surface area contributed by atoms with Crippen molar-refractivity contribution in [3.8, 4) is 5.75 Å². The van der Waals surface area contributed by atoms with E-state index in [9.17, 15) is 22.4 Å². The third kappa shape index (κ3) is 6.32. The number of nitrogens with zero attached hydrogens (tertiary/aromatic N) is 1. The van der Waals surface area contributed by atoms with Gasteiger partial charge in [0.15, 0.2) is 6.61 Å². The van der Waals surface area contributed by atoms with Gasteiger partial charge in [0, 0.05) is 24.8 Å². The van der Waals surface area contributed by atoms with E-state index in [0.29, 0.717) is 5.75 Å². The zero-order valence-corrected chi connectivity index (χ0v) is 19.3. The van der Waals surface area contributed by atoms with E-state index in [4.69, 9.17) is 9.47 Å². The fourth-order valence-electron chi connectivity index (χ4n) is 3.02. The van der Waals surface area contributed by atoms with E-state index in [-0.39, 0.29) is 22.7 Å². The molecule has 8 nitrogen and oxygen atoms in total. The summed E-state index contributed by atoms with van der Waals surface area (Å²) in [5.41, 5.74) is 0.916. The predicted octanol–water partition coefficient (Wildman–Crippen LogP) is 3.45. The molecule has 3 rings (SSSR count). The number of anilines is 1. The van der Waals surface area contributed by atoms with Gasteiger partial charge in [-0.25, -0.2) is 17.6 Å². The molecule has 0 unspecified atom stereocenters. The number of benzene rings is 3. The maximum atomic E-state index is 13.0. The molecule has 0 aliphatic heterocycles. The number of halogens is 1. The van der Waals surface area contributed by atoms with Gasteiger partial charge in [0.05, 0.1) is 17.6 Å². The third-order valence-corrected chi connectivity index (χ3v) is 6.21. The van der Waals surface area contributed by atoms with Crippen molar-refractivity contribution >= 4 is 27.6 Å². The van der Waals surface area contributed by atoms with Crippen LogP contribution in [-0.4, -0.2) is 46.0 Å². The SMILES string of the molecule is COc1ccccc1CN(C)C(=O)COC(=O)c1cccc(S(=O)(=O)Nc2ccc(F)cc2)c1. The first-order chi connectivity index (χ1) is 16.2. The lowest BCUT2D eigenvalue weighted by atomic mass is 10.2. The monoisotopic (exact) mass is 486 g/mol. The molecule has 0 saturated heterocycles. The maximum Gasteiger partial charge on any atom is 0.338 e. The number of esters is 1. The summed E-state index contributed by atoms with van der Waals surface area (Å²) >= 11 is 0. The lowest BCUT2D eigenvalue weighted by Crippen LogP contribution is -2.31. The van der Waals surface area contributed by atoms with Crippen molar-refractivity contribution in [3.05, 3.63) is 89.7 Å². The molecule has 178 valence electrons. The number of likely N-dealkylation sites (N-methyl/N-ethyl adjacent to an activating group) is 1. The van der Waals surface area contributed by atoms with Gasteiger partial charge in [-0.3, -0.25) is 9.52 Å². The topological polar surface area (TPSA) is 102 Å². The van der Waals surface area contributed by atoms with Crippen molar-refractivity contribution < 1.29 is 31.9 Å². The molecule has 0 aliphatic carbocycles. The van der Waals surface area contributed by atoms with Crippen LogP contribution in [0.4, 0.5) is 10.1 Å². The summed E-state index contributed by atoms with van der Waals surface area (Å²) in [7, 11) is -0.935. The van der Waals surface area contributed by atoms with Crippen LogP contribution in [0.15, 0.2) is 77.7 Å². The van der Waals surface area contributed by atoms with Gasteiger partial charge < -0.3 is 14.4 Å². The highest BCUT2D eigenvalue weighted by atomic mass is 32.2. The smallest absolute Gasteiger partial charge is 0.338 e. The van der Waals surface area contributed by atoms with Crippen molar-refractivity contribution in [3.63, 3.8) is 0 Å². The molecule has 0 bridgehead atoms. The zero-order chi connectivity index (χ0) is 24.7. The van der Waals surface area contributed by atoms with Gasteiger partial charge in [0.2, 0.25) is 0 Å². The van der Waals surface area contributed by atoms with Crippen molar-refractivity contribution in [2.45, 2.75) is 11.4 Å². The summed E-state index contributed by atoms with van der Waals surface area (Å²) in [5, 5.41) is 0. The molecule has 1 amide bonds. The van der Waals surface area contributed by atoms with E-state index in [1.54, 1.807) is 13.1 Å². The maximum absolute atomic E-state index is 13.0. The van der Waals surface area contributed by atoms with Crippen LogP contribution in [0, 0.1) is 5.82 Å². The van der Waals surface area contributed by atoms with E-state index < -0.39 is 34.3 Å². The fraction of sp³-hybridized carbons (Fsp3) is 0.167. The van der Waals surface area contributed by atoms with Gasteiger partial charge in [-0.15, -0.1) is 0 Å². The number of nitrogens with one attached hydrogen (secondary N) is 1. The van der Waals surface area contributed by atoms with E-state index in [2.05, 4.69) is 4.72 Å². The molecule has 0 radical (unpaired) electrons. The largest absolute Gasteiger partial charge is 0.496 e. The molecule has 10 heteroatoms. The van der Waals surface area contributed by atoms with Crippen LogP contribution in [0.2, 0.25) is 0 Å². The van der Waals surface area contributed by atoms with Crippen LogP contribution in [-0.2, 0) is 26.1 Å². The minimum absolute atomic E-state index is 0.0397. The molecule has 3 aromatic carbocycles. The van der Waals surface area contributed by atoms with Gasteiger partial charge in [-0.05, 0) is 48.5 Å². The first kappa shape index (κ1) is 24.7. The Labute approximate surface area is 197 Å². The van der Waals surface area contributed by atoms with Crippen LogP contribution in [0.1, 0.15) is 15.9 Å². The minimum Gasteiger partial charge on any atom is -0.496 e. The number of rotatable bonds is 9. The van der Waals surface area contributed by atoms with Gasteiger partial charge in [0.1, 0.15) is 11.6 Å². The molecule has 0 spiro atoms. The fourth-order valence-corrected chi connectivity index (χ4v) is 4.12. The highest BCUT2D eigenvalue weighted by molar-refractivity contribution is 7.92. The molecule has 0 saturated carbocycles. The normalized spacial score (nSPS) is 10.9. The van der Waals surface area contributed by atoms with E-state index in [0.717, 1.165) is 23.8 Å². The number of amides is 1. The van der Waals surface area contributed by atoms with E-state index in [1.165, 1.54) is 42.3 Å². The van der Waals surface area contributed by atoms with E-state index >= 15 is 0 Å². The average Bonchev–Trinajstić information content (AvgIpc) is 2.84. The Morgan fingerprint density at radius 1 is 1.00 bits per heavy atom. The Morgan fingerprint density at radius 2 is 1.71 bits per heavy atom. The highest BCUT2D eigenvalue weighted by Gasteiger charge is 2.19. The quantitative estimate of drug-likeness (QED) is 0.465. The number of carbonyl (C=O) groups is 2. The van der Waals surface area contributed by atoms with Crippen LogP contribution in [0.5, 0.6) is 5.75 Å². The molecule has 3 aromatic rings. The van der Waals surface area contributed by atoms with Gasteiger partial charge in [0.25, 0.3) is 15.9 Å². The number of hydrogen-bond donors (Lipinski definition) is 1. The van der Waals surface area contributed by atoms with Crippen molar-refractivity contribution in [1.29, 1.82) is 0 Å². The Balaban J connectivity index is 1.62. The predicted molar refractivity (Wildman–Crippen MR) is 123 cm³/mol. The molecule has 34 heavy (non-hydrogen) atoms. The zero-order valence-electron chi connectivity index (χ0n) is 18.5. The molecule has 0 aromatic heterocycles. The van der Waals surface area contributed by atoms with Crippen molar-refractivity contribution in [2.24, 2.45) is 0 Å². The first-order valence-electron chi connectivity index (χ1n) is 10.1. The van der Waals surface area contributed by atoms with Crippen LogP contribution in [0.3, 0.4) is 0 Å². The summed E-state index contributed by atoms with van der Waals surface area (Å²) in [6.07, 6.45) is 0. The average molecular weight is 487 g/mol. The molecule has 0 fully saturated rings. The molecular formula is C24H23FN2O6S. The summed E-state index contributed by atoms with van der Waals surface area (Å²) in [4.78, 5) is 26.0. The van der Waals surface area contributed by atoms with Crippen LogP contribution in [0.25, 0.3) is 0 Å². The second kappa shape index (κ2) is 10.8. The first-order valence-corrected chi connectivity index (χ1v) is 11.6. The molecular weight excluding hydrogens is 463 g/mol. The Bertz CT molecular complexity index is 1280. The number of ether oxygens (including phenoxy) is 2. The summed E-state index contributed by atoms with van der Waals surface area (Å²) in [6.45, 7) is -0.265. The Kier molecular flexibility index (Phi) is 7.85. The summed E-state index contributed by atoms with van der Waals surface area (Å²) < 4.78 is 50.9. The number of carbonyl (C=O) groups excluding carboxylic acids is 2. The van der Waals surface area contributed by atoms with Gasteiger partial charge in [-0.1, -0.05) is 24.3 Å². The molecule has 0 atom stereocenters. The lowest BCUT2D eigenvalue weighted by Gasteiger charge is -2.18. The molecule has 0 aliphatic rings. The summed E-state index contributed by atoms with van der Waals surface area (Å²) in [5.74, 6) is -1.17. The summed E-state index contributed by atoms with van der Waals surface area (Å²) in [6, 6.07) is 17.2. The van der Waals surface area contributed by atoms with Gasteiger partial charge >= 0.3 is 5.97 Å². The number of methoxy groups -OCH3 is 1. The number of para-hydroxylation sites is 1. The standard InChI is InChI=1S/C24H23FN2O6S/c1-27(15-18-6-3-4-9-22(18)32-2)23(28)16-33-24(29)17-7-5-8-21(14-17)34(30,31)26-20-12-10-19(25)11-13-20/h3-14,26H,15-16H2,1-2H3. The number of sulfonamides is 1. The Hall–Kier alpha value is -3.92. The van der Waals surface area contributed by atoms with Crippen LogP contribution < -0.4 is 9.46 Å². The number of hydrogen-bond acceptors (Lipinski definition) is 6. The third-order valence-electron chi connectivity index (χ3n) is 4.83. The molecule has 0 heterocycles. The minimum atomic E-state index is -4.04. The van der Waals surface area contributed by atoms with Gasteiger partial charge in [-0.2, -0.15) is 0 Å². The second-order valence-corrected chi connectivity index (χ2v) is 8.96. The van der Waals surface area contributed by atoms with Crippen LogP contribution >= 0.6 is 0 Å². The van der Waals surface area contributed by atoms with Crippen molar-refractivity contribution in [1.82, 2.24) is 4.90 Å². The Morgan fingerprint density at radius 3 is 2.41 bits per heavy atom.